The maximum atomic E-state index is 13.8. The second kappa shape index (κ2) is 5.92. The van der Waals surface area contributed by atoms with Crippen molar-refractivity contribution in [1.82, 2.24) is 25.2 Å². The molecule has 8 nitrogen and oxygen atoms in total. The number of para-hydroxylation sites is 1. The minimum Gasteiger partial charge on any atom is -0.381 e. The molecule has 0 saturated carbocycles. The second-order valence-electron chi connectivity index (χ2n) is 6.12. The predicted molar refractivity (Wildman–Crippen MR) is 83.2 cm³/mol. The Balaban J connectivity index is 1.54. The van der Waals surface area contributed by atoms with Crippen LogP contribution in [0, 0.1) is 5.82 Å². The zero-order valence-electron chi connectivity index (χ0n) is 13.3. The van der Waals surface area contributed by atoms with E-state index in [4.69, 9.17) is 4.74 Å². The number of imide groups is 1. The van der Waals surface area contributed by atoms with Crippen molar-refractivity contribution in [3.05, 3.63) is 42.0 Å². The van der Waals surface area contributed by atoms with Crippen LogP contribution in [0.25, 0.3) is 5.69 Å². The van der Waals surface area contributed by atoms with E-state index in [-0.39, 0.29) is 18.1 Å². The number of nitrogens with one attached hydrogen (secondary N) is 1. The van der Waals surface area contributed by atoms with E-state index in [2.05, 4.69) is 15.6 Å². The first kappa shape index (κ1) is 15.7. The van der Waals surface area contributed by atoms with Gasteiger partial charge in [-0.05, 0) is 12.1 Å². The molecule has 2 saturated heterocycles. The van der Waals surface area contributed by atoms with Gasteiger partial charge in [0, 0.05) is 26.1 Å². The number of hydrogen-bond donors (Lipinski definition) is 1. The first-order valence-corrected chi connectivity index (χ1v) is 7.97. The third-order valence-electron chi connectivity index (χ3n) is 4.55. The average Bonchev–Trinajstić information content (AvgIpc) is 3.16. The van der Waals surface area contributed by atoms with E-state index < -0.39 is 17.4 Å². The number of hydrogen-bond acceptors (Lipinski definition) is 5. The zero-order chi connectivity index (χ0) is 17.4. The van der Waals surface area contributed by atoms with Gasteiger partial charge in [-0.15, -0.1) is 5.10 Å². The van der Waals surface area contributed by atoms with E-state index in [0.29, 0.717) is 31.7 Å². The van der Waals surface area contributed by atoms with Crippen molar-refractivity contribution in [2.45, 2.75) is 24.9 Å². The van der Waals surface area contributed by atoms with Gasteiger partial charge in [-0.25, -0.2) is 13.9 Å². The summed E-state index contributed by atoms with van der Waals surface area (Å²) in [5.74, 6) is -0.712. The maximum absolute atomic E-state index is 13.8. The van der Waals surface area contributed by atoms with Crippen molar-refractivity contribution >= 4 is 11.9 Å². The Labute approximate surface area is 142 Å². The van der Waals surface area contributed by atoms with E-state index in [1.165, 1.54) is 16.9 Å². The highest BCUT2D eigenvalue weighted by Crippen LogP contribution is 2.29. The van der Waals surface area contributed by atoms with Crippen LogP contribution < -0.4 is 5.32 Å². The molecule has 3 amide bonds. The van der Waals surface area contributed by atoms with Gasteiger partial charge in [-0.3, -0.25) is 9.69 Å². The molecule has 2 aliphatic heterocycles. The Morgan fingerprint density at radius 3 is 2.76 bits per heavy atom. The molecule has 0 atom stereocenters. The summed E-state index contributed by atoms with van der Waals surface area (Å²) < 4.78 is 20.4. The molecule has 1 N–H and O–H groups in total. The van der Waals surface area contributed by atoms with Crippen LogP contribution in [0.2, 0.25) is 0 Å². The summed E-state index contributed by atoms with van der Waals surface area (Å²) in [6.07, 6.45) is 2.42. The lowest BCUT2D eigenvalue weighted by molar-refractivity contribution is -0.135. The minimum absolute atomic E-state index is 0.0122. The van der Waals surface area contributed by atoms with Gasteiger partial charge >= 0.3 is 6.03 Å². The molecule has 2 aliphatic rings. The van der Waals surface area contributed by atoms with Gasteiger partial charge in [-0.2, -0.15) is 0 Å². The number of benzene rings is 1. The lowest BCUT2D eigenvalue weighted by atomic mass is 9.90. The Morgan fingerprint density at radius 2 is 2.00 bits per heavy atom. The fourth-order valence-corrected chi connectivity index (χ4v) is 3.17. The lowest BCUT2D eigenvalue weighted by Gasteiger charge is -2.30. The minimum atomic E-state index is -0.878. The van der Waals surface area contributed by atoms with Gasteiger partial charge in [-0.1, -0.05) is 17.3 Å². The lowest BCUT2D eigenvalue weighted by Crippen LogP contribution is -2.51. The summed E-state index contributed by atoms with van der Waals surface area (Å²) in [6.45, 7) is 0.856. The molecule has 0 radical (unpaired) electrons. The molecule has 130 valence electrons. The van der Waals surface area contributed by atoms with Gasteiger partial charge in [0.15, 0.2) is 0 Å². The van der Waals surface area contributed by atoms with E-state index in [0.717, 1.165) is 4.90 Å². The van der Waals surface area contributed by atoms with Crippen molar-refractivity contribution in [1.29, 1.82) is 0 Å². The SMILES string of the molecule is O=C1NC2(CCOCC2)C(=O)N1Cc1cn(-c2ccccc2F)nn1. The third kappa shape index (κ3) is 2.66. The van der Waals surface area contributed by atoms with Crippen molar-refractivity contribution in [2.24, 2.45) is 0 Å². The van der Waals surface area contributed by atoms with Gasteiger partial charge in [0.1, 0.15) is 22.7 Å². The molecule has 25 heavy (non-hydrogen) atoms. The van der Waals surface area contributed by atoms with E-state index >= 15 is 0 Å². The molecule has 3 heterocycles. The van der Waals surface area contributed by atoms with Crippen LogP contribution in [-0.2, 0) is 16.1 Å². The molecule has 1 spiro atoms. The molecule has 1 aromatic heterocycles. The van der Waals surface area contributed by atoms with E-state index in [1.54, 1.807) is 18.2 Å². The van der Waals surface area contributed by atoms with Crippen molar-refractivity contribution < 1.29 is 18.7 Å². The van der Waals surface area contributed by atoms with Crippen molar-refractivity contribution in [3.8, 4) is 5.69 Å². The fraction of sp³-hybridized carbons (Fsp3) is 0.375. The molecule has 0 unspecified atom stereocenters. The fourth-order valence-electron chi connectivity index (χ4n) is 3.17. The number of carbonyl (C=O) groups is 2. The summed E-state index contributed by atoms with van der Waals surface area (Å²) in [5, 5.41) is 10.6. The summed E-state index contributed by atoms with van der Waals surface area (Å²) in [5.41, 5.74) is -0.230. The van der Waals surface area contributed by atoms with Crippen LogP contribution in [0.3, 0.4) is 0 Å². The Morgan fingerprint density at radius 1 is 1.24 bits per heavy atom. The molecule has 4 rings (SSSR count). The van der Waals surface area contributed by atoms with E-state index in [9.17, 15) is 14.0 Å². The number of halogens is 1. The van der Waals surface area contributed by atoms with Crippen LogP contribution in [0.15, 0.2) is 30.5 Å². The smallest absolute Gasteiger partial charge is 0.325 e. The zero-order valence-corrected chi connectivity index (χ0v) is 13.3. The van der Waals surface area contributed by atoms with Gasteiger partial charge in [0.05, 0.1) is 12.7 Å². The first-order chi connectivity index (χ1) is 12.1. The molecule has 1 aromatic carbocycles. The molecule has 9 heteroatoms. The first-order valence-electron chi connectivity index (χ1n) is 7.97. The molecular weight excluding hydrogens is 329 g/mol. The highest BCUT2D eigenvalue weighted by atomic mass is 19.1. The topological polar surface area (TPSA) is 89.4 Å². The number of urea groups is 1. The predicted octanol–water partition coefficient (Wildman–Crippen LogP) is 1.01. The number of rotatable bonds is 3. The molecule has 0 aliphatic carbocycles. The van der Waals surface area contributed by atoms with Crippen LogP contribution in [-0.4, -0.2) is 50.6 Å². The number of ether oxygens (including phenoxy) is 1. The van der Waals surface area contributed by atoms with Crippen LogP contribution in [0.4, 0.5) is 9.18 Å². The largest absolute Gasteiger partial charge is 0.381 e. The normalized spacial score (nSPS) is 19.5. The number of aromatic nitrogens is 3. The summed E-state index contributed by atoms with van der Waals surface area (Å²) in [6, 6.07) is 5.71. The summed E-state index contributed by atoms with van der Waals surface area (Å²) >= 11 is 0. The Hall–Kier alpha value is -2.81. The van der Waals surface area contributed by atoms with Gasteiger partial charge in [0.2, 0.25) is 0 Å². The Bertz CT molecular complexity index is 831. The summed E-state index contributed by atoms with van der Waals surface area (Å²) in [4.78, 5) is 26.1. The molecule has 2 aromatic rings. The average molecular weight is 345 g/mol. The standard InChI is InChI=1S/C16H16FN5O3/c17-12-3-1-2-4-13(12)22-10-11(19-20-22)9-21-14(23)16(18-15(21)24)5-7-25-8-6-16/h1-4,10H,5-9H2,(H,18,24). The van der Waals surface area contributed by atoms with Gasteiger partial charge in [0.25, 0.3) is 5.91 Å². The molecule has 0 bridgehead atoms. The second-order valence-corrected chi connectivity index (χ2v) is 6.12. The van der Waals surface area contributed by atoms with Crippen molar-refractivity contribution in [3.63, 3.8) is 0 Å². The molecule has 2 fully saturated rings. The molecular formula is C16H16FN5O3. The third-order valence-corrected chi connectivity index (χ3v) is 4.55. The van der Waals surface area contributed by atoms with Crippen molar-refractivity contribution in [2.75, 3.05) is 13.2 Å². The monoisotopic (exact) mass is 345 g/mol. The summed E-state index contributed by atoms with van der Waals surface area (Å²) in [7, 11) is 0. The van der Waals surface area contributed by atoms with E-state index in [1.807, 2.05) is 0 Å². The van der Waals surface area contributed by atoms with Crippen LogP contribution in [0.5, 0.6) is 0 Å². The quantitative estimate of drug-likeness (QED) is 0.839. The van der Waals surface area contributed by atoms with Crippen LogP contribution >= 0.6 is 0 Å². The number of amides is 3. The Kier molecular flexibility index (Phi) is 3.72. The highest BCUT2D eigenvalue weighted by molar-refractivity contribution is 6.07. The highest BCUT2D eigenvalue weighted by Gasteiger charge is 2.51. The number of carbonyl (C=O) groups excluding carboxylic acids is 2. The van der Waals surface area contributed by atoms with Gasteiger partial charge < -0.3 is 10.1 Å². The maximum Gasteiger partial charge on any atom is 0.325 e. The number of nitrogens with zero attached hydrogens (tertiary/aromatic N) is 4. The van der Waals surface area contributed by atoms with Crippen LogP contribution in [0.1, 0.15) is 18.5 Å².